The van der Waals surface area contributed by atoms with Crippen molar-refractivity contribution in [2.45, 2.75) is 6.92 Å². The number of amides is 1. The van der Waals surface area contributed by atoms with Crippen LogP contribution in [-0.2, 0) is 4.74 Å². The Balaban J connectivity index is 2.61. The van der Waals surface area contributed by atoms with Gasteiger partial charge >= 0.3 is 6.09 Å². The second kappa shape index (κ2) is 5.89. The van der Waals surface area contributed by atoms with Crippen LogP contribution >= 0.6 is 11.6 Å². The monoisotopic (exact) mass is 239 g/mol. The molecule has 1 aromatic carbocycles. The summed E-state index contributed by atoms with van der Waals surface area (Å²) in [7, 11) is 0. The van der Waals surface area contributed by atoms with Gasteiger partial charge in [0.15, 0.2) is 6.61 Å². The number of ether oxygens (including phenoxy) is 1. The molecule has 2 N–H and O–H groups in total. The highest BCUT2D eigenvalue weighted by molar-refractivity contribution is 6.31. The van der Waals surface area contributed by atoms with Crippen molar-refractivity contribution in [3.05, 3.63) is 23.2 Å². The summed E-state index contributed by atoms with van der Waals surface area (Å²) in [5, 5.41) is 12.1. The molecule has 4 nitrogen and oxygen atoms in total. The van der Waals surface area contributed by atoms with Gasteiger partial charge in [0.2, 0.25) is 0 Å². The second-order valence-corrected chi connectivity index (χ2v) is 3.23. The van der Waals surface area contributed by atoms with E-state index in [4.69, 9.17) is 16.3 Å². The number of carbonyl (C=O) groups is 1. The van der Waals surface area contributed by atoms with Crippen LogP contribution in [0.1, 0.15) is 6.92 Å². The fourth-order valence-corrected chi connectivity index (χ4v) is 1.10. The van der Waals surface area contributed by atoms with E-state index in [-0.39, 0.29) is 18.0 Å². The predicted octanol–water partition coefficient (Wildman–Crippen LogP) is 2.62. The van der Waals surface area contributed by atoms with E-state index in [1.54, 1.807) is 6.92 Å². The predicted molar refractivity (Wildman–Crippen MR) is 61.5 cm³/mol. The molecule has 1 amide bonds. The molecule has 0 unspecified atom stereocenters. The lowest BCUT2D eigenvalue weighted by molar-refractivity contribution is 0.176. The van der Waals surface area contributed by atoms with Crippen molar-refractivity contribution in [2.24, 2.45) is 0 Å². The van der Waals surface area contributed by atoms with Crippen molar-refractivity contribution in [2.75, 3.05) is 11.9 Å². The van der Waals surface area contributed by atoms with Crippen molar-refractivity contribution < 1.29 is 14.6 Å². The molecule has 0 heterocycles. The Morgan fingerprint density at radius 1 is 1.62 bits per heavy atom. The molecule has 0 bridgehead atoms. The number of hydrogen-bond acceptors (Lipinski definition) is 3. The Morgan fingerprint density at radius 2 is 2.38 bits per heavy atom. The van der Waals surface area contributed by atoms with Crippen molar-refractivity contribution >= 4 is 23.4 Å². The van der Waals surface area contributed by atoms with Gasteiger partial charge in [-0.3, -0.25) is 5.32 Å². The lowest BCUT2D eigenvalue weighted by atomic mass is 10.3. The molecule has 0 saturated heterocycles. The van der Waals surface area contributed by atoms with Crippen molar-refractivity contribution in [1.82, 2.24) is 0 Å². The van der Waals surface area contributed by atoms with Crippen LogP contribution < -0.4 is 5.32 Å². The number of aromatic hydroxyl groups is 1. The second-order valence-electron chi connectivity index (χ2n) is 2.79. The number of benzene rings is 1. The summed E-state index contributed by atoms with van der Waals surface area (Å²) in [5.41, 5.74) is 0.196. The van der Waals surface area contributed by atoms with Crippen molar-refractivity contribution in [3.8, 4) is 17.6 Å². The summed E-state index contributed by atoms with van der Waals surface area (Å²) in [6.45, 7) is 1.65. The molecule has 16 heavy (non-hydrogen) atoms. The third kappa shape index (κ3) is 3.71. The first-order chi connectivity index (χ1) is 7.63. The molecule has 5 heteroatoms. The van der Waals surface area contributed by atoms with E-state index in [2.05, 4.69) is 17.2 Å². The Labute approximate surface area is 98.2 Å². The van der Waals surface area contributed by atoms with Gasteiger partial charge in [-0.2, -0.15) is 0 Å². The first kappa shape index (κ1) is 12.2. The minimum atomic E-state index is -0.694. The SMILES string of the molecule is CC#CCOC(=O)Nc1cc(Cl)ccc1O. The van der Waals surface area contributed by atoms with Gasteiger partial charge < -0.3 is 9.84 Å². The summed E-state index contributed by atoms with van der Waals surface area (Å²) in [6.07, 6.45) is -0.694. The maximum absolute atomic E-state index is 11.2. The van der Waals surface area contributed by atoms with Gasteiger partial charge in [0.1, 0.15) is 5.75 Å². The quantitative estimate of drug-likeness (QED) is 0.616. The smallest absolute Gasteiger partial charge is 0.412 e. The lowest BCUT2D eigenvalue weighted by Gasteiger charge is -2.06. The number of phenols is 1. The summed E-state index contributed by atoms with van der Waals surface area (Å²) in [6, 6.07) is 4.31. The Hall–Kier alpha value is -1.86. The zero-order valence-electron chi connectivity index (χ0n) is 8.58. The van der Waals surface area contributed by atoms with Crippen LogP contribution in [0.5, 0.6) is 5.75 Å². The first-order valence-electron chi connectivity index (χ1n) is 4.45. The third-order valence-electron chi connectivity index (χ3n) is 1.65. The van der Waals surface area contributed by atoms with E-state index in [9.17, 15) is 9.90 Å². The normalized spacial score (nSPS) is 8.88. The summed E-state index contributed by atoms with van der Waals surface area (Å²) >= 11 is 5.70. The topological polar surface area (TPSA) is 58.6 Å². The van der Waals surface area contributed by atoms with Crippen LogP contribution in [0.25, 0.3) is 0 Å². The zero-order chi connectivity index (χ0) is 12.0. The van der Waals surface area contributed by atoms with Crippen LogP contribution in [0.3, 0.4) is 0 Å². The third-order valence-corrected chi connectivity index (χ3v) is 1.88. The summed E-state index contributed by atoms with van der Waals surface area (Å²) < 4.78 is 4.70. The van der Waals surface area contributed by atoms with Gasteiger partial charge in [-0.05, 0) is 25.1 Å². The fourth-order valence-electron chi connectivity index (χ4n) is 0.928. The number of hydrogen-bond donors (Lipinski definition) is 2. The molecular weight excluding hydrogens is 230 g/mol. The number of halogens is 1. The average molecular weight is 240 g/mol. The highest BCUT2D eigenvalue weighted by atomic mass is 35.5. The van der Waals surface area contributed by atoms with E-state index in [0.717, 1.165) is 0 Å². The Bertz CT molecular complexity index is 448. The molecule has 0 aliphatic rings. The maximum Gasteiger partial charge on any atom is 0.412 e. The molecule has 0 aliphatic carbocycles. The molecule has 0 atom stereocenters. The zero-order valence-corrected chi connectivity index (χ0v) is 9.34. The highest BCUT2D eigenvalue weighted by Crippen LogP contribution is 2.26. The van der Waals surface area contributed by atoms with Crippen molar-refractivity contribution in [1.29, 1.82) is 0 Å². The van der Waals surface area contributed by atoms with E-state index in [0.29, 0.717) is 5.02 Å². The minimum absolute atomic E-state index is 0.00363. The molecule has 0 aliphatic heterocycles. The summed E-state index contributed by atoms with van der Waals surface area (Å²) in [5.74, 6) is 5.07. The molecule has 0 saturated carbocycles. The van der Waals surface area contributed by atoms with Gasteiger partial charge in [-0.25, -0.2) is 4.79 Å². The Morgan fingerprint density at radius 3 is 3.06 bits per heavy atom. The number of rotatable bonds is 2. The van der Waals surface area contributed by atoms with Crippen LogP contribution in [0.15, 0.2) is 18.2 Å². The molecule has 1 rings (SSSR count). The molecular formula is C11H10ClNO3. The van der Waals surface area contributed by atoms with E-state index >= 15 is 0 Å². The molecule has 0 spiro atoms. The minimum Gasteiger partial charge on any atom is -0.506 e. The number of phenolic OH excluding ortho intramolecular Hbond substituents is 1. The van der Waals surface area contributed by atoms with Gasteiger partial charge in [-0.15, -0.1) is 5.92 Å². The lowest BCUT2D eigenvalue weighted by Crippen LogP contribution is -2.13. The molecule has 84 valence electrons. The van der Waals surface area contributed by atoms with Gasteiger partial charge in [0.05, 0.1) is 5.69 Å². The van der Waals surface area contributed by atoms with Gasteiger partial charge in [-0.1, -0.05) is 17.5 Å². The highest BCUT2D eigenvalue weighted by Gasteiger charge is 2.07. The van der Waals surface area contributed by atoms with Crippen LogP contribution in [0, 0.1) is 11.8 Å². The summed E-state index contributed by atoms with van der Waals surface area (Å²) in [4.78, 5) is 11.2. The van der Waals surface area contributed by atoms with Crippen molar-refractivity contribution in [3.63, 3.8) is 0 Å². The van der Waals surface area contributed by atoms with Crippen LogP contribution in [-0.4, -0.2) is 17.8 Å². The van der Waals surface area contributed by atoms with Crippen LogP contribution in [0.4, 0.5) is 10.5 Å². The number of anilines is 1. The molecule has 0 aromatic heterocycles. The molecule has 0 radical (unpaired) electrons. The van der Waals surface area contributed by atoms with E-state index in [1.807, 2.05) is 0 Å². The van der Waals surface area contributed by atoms with E-state index < -0.39 is 6.09 Å². The largest absolute Gasteiger partial charge is 0.506 e. The fraction of sp³-hybridized carbons (Fsp3) is 0.182. The van der Waals surface area contributed by atoms with Gasteiger partial charge in [0.25, 0.3) is 0 Å². The number of carbonyl (C=O) groups excluding carboxylic acids is 1. The maximum atomic E-state index is 11.2. The average Bonchev–Trinajstić information content (AvgIpc) is 2.24. The standard InChI is InChI=1S/C11H10ClNO3/c1-2-3-6-16-11(15)13-9-7-8(12)4-5-10(9)14/h4-5,7,14H,6H2,1H3,(H,13,15). The molecule has 1 aromatic rings. The first-order valence-corrected chi connectivity index (χ1v) is 4.83. The Kier molecular flexibility index (Phi) is 4.49. The number of nitrogens with one attached hydrogen (secondary N) is 1. The van der Waals surface area contributed by atoms with E-state index in [1.165, 1.54) is 18.2 Å². The van der Waals surface area contributed by atoms with Crippen LogP contribution in [0.2, 0.25) is 5.02 Å². The van der Waals surface area contributed by atoms with Gasteiger partial charge in [0, 0.05) is 5.02 Å². The molecule has 0 fully saturated rings.